The van der Waals surface area contributed by atoms with Gasteiger partial charge in [-0.25, -0.2) is 0 Å². The zero-order valence-electron chi connectivity index (χ0n) is 11.6. The molecule has 1 N–H and O–H groups in total. The molecule has 1 aromatic rings. The molecule has 4 atom stereocenters. The molecule has 19 heavy (non-hydrogen) atoms. The standard InChI is InChI=1S/C18H22O/c1-18-11-10-14-13-5-3-2-4-12(13)6-7-15(14)16(18)8-9-17(18)19/h2-5,10,15-17,19H,6-9,11H2,1H3/t15-,16+,17-,18+/m0/s1. The van der Waals surface area contributed by atoms with E-state index in [1.54, 1.807) is 5.57 Å². The molecule has 3 aliphatic rings. The maximum absolute atomic E-state index is 10.3. The number of hydrogen-bond acceptors (Lipinski definition) is 1. The smallest absolute Gasteiger partial charge is 0.0599 e. The number of aryl methyl sites for hydroxylation is 1. The van der Waals surface area contributed by atoms with Gasteiger partial charge in [-0.3, -0.25) is 0 Å². The first kappa shape index (κ1) is 11.7. The molecule has 1 saturated carbocycles. The lowest BCUT2D eigenvalue weighted by Crippen LogP contribution is -2.39. The monoisotopic (exact) mass is 254 g/mol. The number of hydrogen-bond donors (Lipinski definition) is 1. The van der Waals surface area contributed by atoms with Gasteiger partial charge in [0.1, 0.15) is 0 Å². The van der Waals surface area contributed by atoms with Gasteiger partial charge in [-0.05, 0) is 60.6 Å². The van der Waals surface area contributed by atoms with Crippen molar-refractivity contribution in [2.24, 2.45) is 17.3 Å². The fourth-order valence-electron chi connectivity index (χ4n) is 4.89. The number of aliphatic hydroxyl groups excluding tert-OH is 1. The topological polar surface area (TPSA) is 20.2 Å². The predicted molar refractivity (Wildman–Crippen MR) is 77.7 cm³/mol. The van der Waals surface area contributed by atoms with Crippen molar-refractivity contribution in [2.45, 2.75) is 45.1 Å². The van der Waals surface area contributed by atoms with Crippen molar-refractivity contribution in [2.75, 3.05) is 0 Å². The summed E-state index contributed by atoms with van der Waals surface area (Å²) in [6.45, 7) is 2.31. The van der Waals surface area contributed by atoms with Gasteiger partial charge in [0.25, 0.3) is 0 Å². The van der Waals surface area contributed by atoms with Crippen molar-refractivity contribution in [3.8, 4) is 0 Å². The van der Waals surface area contributed by atoms with Crippen LogP contribution in [0.1, 0.15) is 43.7 Å². The highest BCUT2D eigenvalue weighted by molar-refractivity contribution is 5.73. The van der Waals surface area contributed by atoms with E-state index in [-0.39, 0.29) is 11.5 Å². The molecule has 100 valence electrons. The summed E-state index contributed by atoms with van der Waals surface area (Å²) >= 11 is 0. The van der Waals surface area contributed by atoms with Crippen LogP contribution in [0.2, 0.25) is 0 Å². The Bertz CT molecular complexity index is 544. The summed E-state index contributed by atoms with van der Waals surface area (Å²) in [5.41, 5.74) is 4.73. The third kappa shape index (κ3) is 1.51. The fraction of sp³-hybridized carbons (Fsp3) is 0.556. The van der Waals surface area contributed by atoms with Gasteiger partial charge >= 0.3 is 0 Å². The number of fused-ring (bicyclic) bond motifs is 5. The van der Waals surface area contributed by atoms with Gasteiger partial charge in [-0.15, -0.1) is 0 Å². The van der Waals surface area contributed by atoms with E-state index >= 15 is 0 Å². The van der Waals surface area contributed by atoms with E-state index in [4.69, 9.17) is 0 Å². The van der Waals surface area contributed by atoms with Gasteiger partial charge < -0.3 is 5.11 Å². The summed E-state index contributed by atoms with van der Waals surface area (Å²) in [5, 5.41) is 10.3. The quantitative estimate of drug-likeness (QED) is 0.746. The Morgan fingerprint density at radius 1 is 1.16 bits per heavy atom. The minimum absolute atomic E-state index is 0.0903. The van der Waals surface area contributed by atoms with Crippen molar-refractivity contribution in [1.82, 2.24) is 0 Å². The zero-order chi connectivity index (χ0) is 13.0. The lowest BCUT2D eigenvalue weighted by Gasteiger charge is -2.45. The van der Waals surface area contributed by atoms with Crippen molar-refractivity contribution in [3.63, 3.8) is 0 Å². The molecule has 1 heteroatoms. The molecule has 0 heterocycles. The average molecular weight is 254 g/mol. The number of aliphatic hydroxyl groups is 1. The van der Waals surface area contributed by atoms with Crippen LogP contribution >= 0.6 is 0 Å². The van der Waals surface area contributed by atoms with E-state index in [1.807, 2.05) is 0 Å². The largest absolute Gasteiger partial charge is 0.393 e. The van der Waals surface area contributed by atoms with Gasteiger partial charge in [-0.2, -0.15) is 0 Å². The normalized spacial score (nSPS) is 40.1. The molecule has 1 nitrogen and oxygen atoms in total. The summed E-state index contributed by atoms with van der Waals surface area (Å²) in [6.07, 6.45) is 8.10. The Labute approximate surface area is 115 Å². The summed E-state index contributed by atoms with van der Waals surface area (Å²) in [5.74, 6) is 1.38. The molecule has 4 rings (SSSR count). The highest BCUT2D eigenvalue weighted by atomic mass is 16.3. The van der Waals surface area contributed by atoms with Gasteiger partial charge in [0.15, 0.2) is 0 Å². The second kappa shape index (κ2) is 3.96. The van der Waals surface area contributed by atoms with Crippen molar-refractivity contribution in [3.05, 3.63) is 41.5 Å². The maximum atomic E-state index is 10.3. The Kier molecular flexibility index (Phi) is 2.44. The molecule has 0 amide bonds. The van der Waals surface area contributed by atoms with Gasteiger partial charge in [0.2, 0.25) is 0 Å². The lowest BCUT2D eigenvalue weighted by atomic mass is 9.60. The van der Waals surface area contributed by atoms with Crippen LogP contribution in [0.5, 0.6) is 0 Å². The minimum Gasteiger partial charge on any atom is -0.393 e. The molecule has 0 aliphatic heterocycles. The van der Waals surface area contributed by atoms with Crippen molar-refractivity contribution >= 4 is 5.57 Å². The molecule has 0 aromatic heterocycles. The first-order valence-corrected chi connectivity index (χ1v) is 7.66. The fourth-order valence-corrected chi connectivity index (χ4v) is 4.89. The molecular weight excluding hydrogens is 232 g/mol. The van der Waals surface area contributed by atoms with E-state index in [9.17, 15) is 5.11 Å². The molecule has 1 fully saturated rings. The van der Waals surface area contributed by atoms with E-state index in [1.165, 1.54) is 30.4 Å². The summed E-state index contributed by atoms with van der Waals surface area (Å²) in [4.78, 5) is 0. The molecule has 0 unspecified atom stereocenters. The van der Waals surface area contributed by atoms with Gasteiger partial charge in [-0.1, -0.05) is 37.3 Å². The third-order valence-electron chi connectivity index (χ3n) is 6.06. The van der Waals surface area contributed by atoms with Crippen LogP contribution in [-0.4, -0.2) is 11.2 Å². The second-order valence-electron chi connectivity index (χ2n) is 6.87. The molecule has 1 aromatic carbocycles. The highest BCUT2D eigenvalue weighted by Gasteiger charge is 2.51. The number of benzene rings is 1. The second-order valence-corrected chi connectivity index (χ2v) is 6.87. The Hall–Kier alpha value is -1.08. The summed E-state index contributed by atoms with van der Waals surface area (Å²) in [6, 6.07) is 8.90. The van der Waals surface area contributed by atoms with E-state index in [0.717, 1.165) is 12.8 Å². The van der Waals surface area contributed by atoms with Crippen LogP contribution in [0.4, 0.5) is 0 Å². The lowest BCUT2D eigenvalue weighted by molar-refractivity contribution is 0.0251. The molecule has 3 aliphatic carbocycles. The SMILES string of the molecule is C[C@@]12CC=C3c4ccccc4CC[C@@H]3[C@H]1CC[C@@H]2O. The Morgan fingerprint density at radius 3 is 2.89 bits per heavy atom. The Balaban J connectivity index is 1.80. The molecular formula is C18H22O. The summed E-state index contributed by atoms with van der Waals surface area (Å²) in [7, 11) is 0. The molecule has 0 radical (unpaired) electrons. The Morgan fingerprint density at radius 2 is 2.00 bits per heavy atom. The van der Waals surface area contributed by atoms with Crippen LogP contribution in [0.3, 0.4) is 0 Å². The number of allylic oxidation sites excluding steroid dienone is 2. The molecule has 0 spiro atoms. The van der Waals surface area contributed by atoms with E-state index in [0.29, 0.717) is 11.8 Å². The van der Waals surface area contributed by atoms with Crippen LogP contribution in [0, 0.1) is 17.3 Å². The van der Waals surface area contributed by atoms with Crippen LogP contribution in [0.15, 0.2) is 30.3 Å². The van der Waals surface area contributed by atoms with Crippen LogP contribution in [0.25, 0.3) is 5.57 Å². The molecule has 0 bridgehead atoms. The minimum atomic E-state index is -0.0903. The van der Waals surface area contributed by atoms with Gasteiger partial charge in [0, 0.05) is 5.41 Å². The third-order valence-corrected chi connectivity index (χ3v) is 6.06. The highest BCUT2D eigenvalue weighted by Crippen LogP contribution is 2.58. The maximum Gasteiger partial charge on any atom is 0.0599 e. The van der Waals surface area contributed by atoms with Crippen molar-refractivity contribution < 1.29 is 5.11 Å². The number of rotatable bonds is 0. The first-order chi connectivity index (χ1) is 9.20. The van der Waals surface area contributed by atoms with Crippen LogP contribution in [-0.2, 0) is 6.42 Å². The summed E-state index contributed by atoms with van der Waals surface area (Å²) < 4.78 is 0. The van der Waals surface area contributed by atoms with Gasteiger partial charge in [0.05, 0.1) is 6.10 Å². The average Bonchev–Trinajstić information content (AvgIpc) is 2.75. The molecule has 0 saturated heterocycles. The van der Waals surface area contributed by atoms with E-state index < -0.39 is 0 Å². The van der Waals surface area contributed by atoms with Crippen LogP contribution < -0.4 is 0 Å². The first-order valence-electron chi connectivity index (χ1n) is 7.66. The zero-order valence-corrected chi connectivity index (χ0v) is 11.6. The van der Waals surface area contributed by atoms with Crippen molar-refractivity contribution in [1.29, 1.82) is 0 Å². The predicted octanol–water partition coefficient (Wildman–Crippen LogP) is 3.81. The van der Waals surface area contributed by atoms with E-state index in [2.05, 4.69) is 37.3 Å².